The molecule has 16 heavy (non-hydrogen) atoms. The summed E-state index contributed by atoms with van der Waals surface area (Å²) in [5.41, 5.74) is 0.558. The van der Waals surface area contributed by atoms with Crippen LogP contribution in [0.3, 0.4) is 0 Å². The van der Waals surface area contributed by atoms with E-state index in [9.17, 15) is 0 Å². The van der Waals surface area contributed by atoms with E-state index in [2.05, 4.69) is 5.32 Å². The van der Waals surface area contributed by atoms with Crippen molar-refractivity contribution in [3.05, 3.63) is 28.8 Å². The van der Waals surface area contributed by atoms with Crippen LogP contribution in [0, 0.1) is 11.3 Å². The molecule has 0 saturated carbocycles. The van der Waals surface area contributed by atoms with Crippen LogP contribution in [0.5, 0.6) is 5.75 Å². The Kier molecular flexibility index (Phi) is 3.66. The summed E-state index contributed by atoms with van der Waals surface area (Å²) in [6, 6.07) is 7.18. The smallest absolute Gasteiger partial charge is 0.138 e. The molecule has 1 fully saturated rings. The van der Waals surface area contributed by atoms with Crippen molar-refractivity contribution in [1.82, 2.24) is 5.32 Å². The zero-order chi connectivity index (χ0) is 11.4. The highest BCUT2D eigenvalue weighted by Crippen LogP contribution is 2.27. The Morgan fingerprint density at radius 2 is 2.12 bits per heavy atom. The number of ether oxygens (including phenoxy) is 1. The third kappa shape index (κ3) is 2.66. The maximum atomic E-state index is 8.72. The van der Waals surface area contributed by atoms with Gasteiger partial charge in [0.25, 0.3) is 0 Å². The van der Waals surface area contributed by atoms with Gasteiger partial charge in [0, 0.05) is 0 Å². The van der Waals surface area contributed by atoms with Gasteiger partial charge in [-0.25, -0.2) is 0 Å². The lowest BCUT2D eigenvalue weighted by Gasteiger charge is -2.24. The number of hydrogen-bond acceptors (Lipinski definition) is 3. The topological polar surface area (TPSA) is 45.0 Å². The molecule has 1 aromatic rings. The lowest BCUT2D eigenvalue weighted by Crippen LogP contribution is -2.34. The number of nitriles is 1. The minimum absolute atomic E-state index is 0.228. The molecular weight excluding hydrogens is 224 g/mol. The average molecular weight is 237 g/mol. The fraction of sp³-hybridized carbons (Fsp3) is 0.417. The number of hydrogen-bond donors (Lipinski definition) is 1. The fourth-order valence-corrected chi connectivity index (χ4v) is 1.98. The SMILES string of the molecule is N#Cc1ccc(OC2CCNCC2)c(Cl)c1. The van der Waals surface area contributed by atoms with Gasteiger partial charge in [0.2, 0.25) is 0 Å². The molecule has 0 aliphatic carbocycles. The van der Waals surface area contributed by atoms with Crippen LogP contribution in [-0.4, -0.2) is 19.2 Å². The van der Waals surface area contributed by atoms with Crippen LogP contribution in [0.15, 0.2) is 18.2 Å². The van der Waals surface area contributed by atoms with E-state index in [1.807, 2.05) is 6.07 Å². The number of nitrogens with zero attached hydrogens (tertiary/aromatic N) is 1. The molecule has 1 aromatic carbocycles. The molecule has 4 heteroatoms. The van der Waals surface area contributed by atoms with Crippen LogP contribution in [-0.2, 0) is 0 Å². The summed E-state index contributed by atoms with van der Waals surface area (Å²) in [5, 5.41) is 12.5. The molecule has 1 saturated heterocycles. The predicted octanol–water partition coefficient (Wildman–Crippen LogP) is 2.34. The monoisotopic (exact) mass is 236 g/mol. The van der Waals surface area contributed by atoms with E-state index >= 15 is 0 Å². The summed E-state index contributed by atoms with van der Waals surface area (Å²) < 4.78 is 5.80. The molecule has 0 aromatic heterocycles. The van der Waals surface area contributed by atoms with Gasteiger partial charge in [-0.15, -0.1) is 0 Å². The van der Waals surface area contributed by atoms with Gasteiger partial charge in [0.05, 0.1) is 16.7 Å². The standard InChI is InChI=1S/C12H13ClN2O/c13-11-7-9(8-14)1-2-12(11)16-10-3-5-15-6-4-10/h1-2,7,10,15H,3-6H2. The Morgan fingerprint density at radius 3 is 2.75 bits per heavy atom. The molecule has 0 unspecified atom stereocenters. The van der Waals surface area contributed by atoms with E-state index in [1.165, 1.54) is 0 Å². The summed E-state index contributed by atoms with van der Waals surface area (Å²) >= 11 is 6.04. The molecule has 84 valence electrons. The number of piperidine rings is 1. The summed E-state index contributed by atoms with van der Waals surface area (Å²) in [5.74, 6) is 0.674. The van der Waals surface area contributed by atoms with Gasteiger partial charge < -0.3 is 10.1 Å². The number of halogens is 1. The van der Waals surface area contributed by atoms with E-state index in [1.54, 1.807) is 18.2 Å². The second kappa shape index (κ2) is 5.20. The van der Waals surface area contributed by atoms with E-state index < -0.39 is 0 Å². The van der Waals surface area contributed by atoms with E-state index in [0.717, 1.165) is 25.9 Å². The molecule has 1 N–H and O–H groups in total. The molecule has 0 atom stereocenters. The molecule has 2 rings (SSSR count). The highest BCUT2D eigenvalue weighted by atomic mass is 35.5. The first-order valence-corrected chi connectivity index (χ1v) is 5.74. The quantitative estimate of drug-likeness (QED) is 0.857. The number of benzene rings is 1. The molecule has 1 aliphatic rings. The van der Waals surface area contributed by atoms with Crippen LogP contribution in [0.25, 0.3) is 0 Å². The van der Waals surface area contributed by atoms with E-state index in [-0.39, 0.29) is 6.10 Å². The van der Waals surface area contributed by atoms with Crippen LogP contribution in [0.4, 0.5) is 0 Å². The van der Waals surface area contributed by atoms with Crippen LogP contribution >= 0.6 is 11.6 Å². The second-order valence-corrected chi connectivity index (χ2v) is 4.23. The van der Waals surface area contributed by atoms with Crippen molar-refractivity contribution in [3.63, 3.8) is 0 Å². The lowest BCUT2D eigenvalue weighted by atomic mass is 10.1. The van der Waals surface area contributed by atoms with E-state index in [0.29, 0.717) is 16.3 Å². The van der Waals surface area contributed by atoms with Crippen LogP contribution in [0.1, 0.15) is 18.4 Å². The number of nitrogens with one attached hydrogen (secondary N) is 1. The Balaban J connectivity index is 2.06. The summed E-state index contributed by atoms with van der Waals surface area (Å²) in [4.78, 5) is 0. The first kappa shape index (κ1) is 11.3. The third-order valence-electron chi connectivity index (χ3n) is 2.64. The van der Waals surface area contributed by atoms with E-state index in [4.69, 9.17) is 21.6 Å². The van der Waals surface area contributed by atoms with Crippen LogP contribution in [0.2, 0.25) is 5.02 Å². The molecule has 3 nitrogen and oxygen atoms in total. The third-order valence-corrected chi connectivity index (χ3v) is 2.94. The normalized spacial score (nSPS) is 16.8. The zero-order valence-corrected chi connectivity index (χ0v) is 9.63. The maximum Gasteiger partial charge on any atom is 0.138 e. The maximum absolute atomic E-state index is 8.72. The van der Waals surface area contributed by atoms with Crippen molar-refractivity contribution in [2.45, 2.75) is 18.9 Å². The molecule has 1 heterocycles. The van der Waals surface area contributed by atoms with Gasteiger partial charge >= 0.3 is 0 Å². The van der Waals surface area contributed by atoms with Gasteiger partial charge in [-0.3, -0.25) is 0 Å². The fourth-order valence-electron chi connectivity index (χ4n) is 1.76. The second-order valence-electron chi connectivity index (χ2n) is 3.82. The first-order chi connectivity index (χ1) is 7.79. The van der Waals surface area contributed by atoms with Gasteiger partial charge in [-0.1, -0.05) is 11.6 Å². The van der Waals surface area contributed by atoms with Gasteiger partial charge in [-0.2, -0.15) is 5.26 Å². The average Bonchev–Trinajstić information content (AvgIpc) is 2.33. The Hall–Kier alpha value is -1.24. The Labute approximate surface area is 100.0 Å². The summed E-state index contributed by atoms with van der Waals surface area (Å²) in [6.45, 7) is 1.97. The van der Waals surface area contributed by atoms with Crippen molar-refractivity contribution < 1.29 is 4.74 Å². The van der Waals surface area contributed by atoms with Crippen molar-refractivity contribution in [2.75, 3.05) is 13.1 Å². The first-order valence-electron chi connectivity index (χ1n) is 5.36. The van der Waals surface area contributed by atoms with Crippen molar-refractivity contribution in [3.8, 4) is 11.8 Å². The van der Waals surface area contributed by atoms with Crippen molar-refractivity contribution in [1.29, 1.82) is 5.26 Å². The molecular formula is C12H13ClN2O. The Bertz CT molecular complexity index is 408. The Morgan fingerprint density at radius 1 is 1.38 bits per heavy atom. The molecule has 0 spiro atoms. The zero-order valence-electron chi connectivity index (χ0n) is 8.87. The lowest BCUT2D eigenvalue weighted by molar-refractivity contribution is 0.162. The minimum atomic E-state index is 0.228. The van der Waals surface area contributed by atoms with Crippen molar-refractivity contribution in [2.24, 2.45) is 0 Å². The van der Waals surface area contributed by atoms with Crippen LogP contribution < -0.4 is 10.1 Å². The highest BCUT2D eigenvalue weighted by molar-refractivity contribution is 6.32. The summed E-state index contributed by atoms with van der Waals surface area (Å²) in [6.07, 6.45) is 2.22. The van der Waals surface area contributed by atoms with Gasteiger partial charge in [0.15, 0.2) is 0 Å². The predicted molar refractivity (Wildman–Crippen MR) is 62.7 cm³/mol. The molecule has 0 bridgehead atoms. The summed E-state index contributed by atoms with van der Waals surface area (Å²) in [7, 11) is 0. The molecule has 0 radical (unpaired) electrons. The van der Waals surface area contributed by atoms with Gasteiger partial charge in [-0.05, 0) is 44.1 Å². The van der Waals surface area contributed by atoms with Gasteiger partial charge in [0.1, 0.15) is 11.9 Å². The highest BCUT2D eigenvalue weighted by Gasteiger charge is 2.15. The molecule has 1 aliphatic heterocycles. The number of rotatable bonds is 2. The molecule has 0 amide bonds. The minimum Gasteiger partial charge on any atom is -0.489 e. The van der Waals surface area contributed by atoms with Crippen molar-refractivity contribution >= 4 is 11.6 Å². The largest absolute Gasteiger partial charge is 0.489 e.